The van der Waals surface area contributed by atoms with Crippen molar-refractivity contribution in [2.45, 2.75) is 18.8 Å². The maximum absolute atomic E-state index is 11.8. The Hall–Kier alpha value is -1.33. The van der Waals surface area contributed by atoms with E-state index in [-0.39, 0.29) is 11.0 Å². The molecule has 0 saturated carbocycles. The van der Waals surface area contributed by atoms with Gasteiger partial charge in [0, 0.05) is 23.9 Å². The smallest absolute Gasteiger partial charge is 0.224 e. The van der Waals surface area contributed by atoms with Crippen LogP contribution in [0.25, 0.3) is 0 Å². The average molecular weight is 298 g/mol. The number of thiocarbonyl (C=S) groups is 1. The molecule has 1 aromatic rings. The molecule has 0 aromatic heterocycles. The van der Waals surface area contributed by atoms with E-state index in [1.165, 1.54) is 5.56 Å². The highest BCUT2D eigenvalue weighted by atomic mass is 35.5. The minimum atomic E-state index is 0.133. The van der Waals surface area contributed by atoms with Gasteiger partial charge in [0.05, 0.1) is 6.67 Å². The van der Waals surface area contributed by atoms with Gasteiger partial charge in [0.25, 0.3) is 0 Å². The van der Waals surface area contributed by atoms with Crippen molar-refractivity contribution in [3.05, 3.63) is 34.9 Å². The van der Waals surface area contributed by atoms with Crippen LogP contribution in [0.2, 0.25) is 5.02 Å². The van der Waals surface area contributed by atoms with Crippen LogP contribution in [0.4, 0.5) is 0 Å². The molecule has 4 nitrogen and oxygen atoms in total. The standard InChI is InChI=1S/C13H16ClN3OS/c14-11-4-1-9(2-5-11)10-3-6-12(18)17(7-10)8-16-13(15)19/h1-2,4-5,10H,3,6-8H2,(H3,15,16,19). The maximum Gasteiger partial charge on any atom is 0.224 e. The molecule has 1 unspecified atom stereocenters. The fourth-order valence-electron chi connectivity index (χ4n) is 2.25. The molecule has 1 amide bonds. The van der Waals surface area contributed by atoms with Gasteiger partial charge in [-0.2, -0.15) is 0 Å². The Balaban J connectivity index is 2.02. The summed E-state index contributed by atoms with van der Waals surface area (Å²) in [5.41, 5.74) is 6.59. The minimum Gasteiger partial charge on any atom is -0.376 e. The highest BCUT2D eigenvalue weighted by Crippen LogP contribution is 2.28. The van der Waals surface area contributed by atoms with Crippen molar-refractivity contribution >= 4 is 34.8 Å². The Morgan fingerprint density at radius 2 is 2.16 bits per heavy atom. The summed E-state index contributed by atoms with van der Waals surface area (Å²) in [7, 11) is 0. The molecular formula is C13H16ClN3OS. The Labute approximate surface area is 122 Å². The van der Waals surface area contributed by atoms with E-state index < -0.39 is 0 Å². The van der Waals surface area contributed by atoms with Crippen molar-refractivity contribution in [1.82, 2.24) is 10.2 Å². The van der Waals surface area contributed by atoms with Gasteiger partial charge < -0.3 is 16.0 Å². The molecule has 1 fully saturated rings. The molecule has 1 aromatic carbocycles. The number of amides is 1. The lowest BCUT2D eigenvalue weighted by molar-refractivity contribution is -0.133. The molecule has 6 heteroatoms. The molecule has 3 N–H and O–H groups in total. The van der Waals surface area contributed by atoms with Crippen molar-refractivity contribution in [3.63, 3.8) is 0 Å². The monoisotopic (exact) mass is 297 g/mol. The van der Waals surface area contributed by atoms with Gasteiger partial charge >= 0.3 is 0 Å². The molecule has 0 spiro atoms. The largest absolute Gasteiger partial charge is 0.376 e. The van der Waals surface area contributed by atoms with Crippen LogP contribution in [0.1, 0.15) is 24.3 Å². The quantitative estimate of drug-likeness (QED) is 0.836. The second-order valence-corrected chi connectivity index (χ2v) is 5.48. The summed E-state index contributed by atoms with van der Waals surface area (Å²) in [5, 5.41) is 3.75. The number of carbonyl (C=O) groups excluding carboxylic acids is 1. The zero-order valence-electron chi connectivity index (χ0n) is 10.4. The zero-order valence-corrected chi connectivity index (χ0v) is 12.0. The third-order valence-corrected chi connectivity index (χ3v) is 3.68. The molecule has 1 atom stereocenters. The maximum atomic E-state index is 11.8. The topological polar surface area (TPSA) is 58.4 Å². The van der Waals surface area contributed by atoms with Gasteiger partial charge in [0.2, 0.25) is 5.91 Å². The van der Waals surface area contributed by atoms with Crippen molar-refractivity contribution in [3.8, 4) is 0 Å². The van der Waals surface area contributed by atoms with Crippen LogP contribution in [0.3, 0.4) is 0 Å². The number of nitrogens with zero attached hydrogens (tertiary/aromatic N) is 1. The first-order chi connectivity index (χ1) is 9.06. The summed E-state index contributed by atoms with van der Waals surface area (Å²) in [6.07, 6.45) is 1.41. The number of hydrogen-bond acceptors (Lipinski definition) is 2. The second kappa shape index (κ2) is 6.21. The van der Waals surface area contributed by atoms with E-state index in [4.69, 9.17) is 29.6 Å². The fraction of sp³-hybridized carbons (Fsp3) is 0.385. The van der Waals surface area contributed by atoms with E-state index in [1.807, 2.05) is 24.3 Å². The number of nitrogens with one attached hydrogen (secondary N) is 1. The van der Waals surface area contributed by atoms with Crippen molar-refractivity contribution in [1.29, 1.82) is 0 Å². The molecule has 0 bridgehead atoms. The number of halogens is 1. The third kappa shape index (κ3) is 3.81. The number of hydrogen-bond donors (Lipinski definition) is 2. The van der Waals surface area contributed by atoms with Gasteiger partial charge in [-0.25, -0.2) is 0 Å². The van der Waals surface area contributed by atoms with Crippen molar-refractivity contribution in [2.24, 2.45) is 5.73 Å². The van der Waals surface area contributed by atoms with Gasteiger partial charge in [-0.3, -0.25) is 4.79 Å². The van der Waals surface area contributed by atoms with Crippen LogP contribution in [0, 0.1) is 0 Å². The predicted molar refractivity (Wildman–Crippen MR) is 79.9 cm³/mol. The molecule has 19 heavy (non-hydrogen) atoms. The lowest BCUT2D eigenvalue weighted by atomic mass is 9.90. The molecule has 1 aliphatic rings. The zero-order chi connectivity index (χ0) is 13.8. The van der Waals surface area contributed by atoms with Gasteiger partial charge in [-0.05, 0) is 36.3 Å². The molecule has 2 rings (SSSR count). The molecular weight excluding hydrogens is 282 g/mol. The van der Waals surface area contributed by atoms with E-state index in [2.05, 4.69) is 5.32 Å². The van der Waals surface area contributed by atoms with Crippen LogP contribution in [-0.4, -0.2) is 29.1 Å². The number of benzene rings is 1. The van der Waals surface area contributed by atoms with E-state index in [9.17, 15) is 4.79 Å². The van der Waals surface area contributed by atoms with Gasteiger partial charge in [-0.15, -0.1) is 0 Å². The number of carbonyl (C=O) groups is 1. The number of piperidine rings is 1. The van der Waals surface area contributed by atoms with Crippen molar-refractivity contribution < 1.29 is 4.79 Å². The first-order valence-electron chi connectivity index (χ1n) is 6.13. The molecule has 0 aliphatic carbocycles. The molecule has 1 aliphatic heterocycles. The normalized spacial score (nSPS) is 19.3. The van der Waals surface area contributed by atoms with E-state index in [1.54, 1.807) is 4.90 Å². The molecule has 1 saturated heterocycles. The summed E-state index contributed by atoms with van der Waals surface area (Å²) >= 11 is 10.6. The lowest BCUT2D eigenvalue weighted by Crippen LogP contribution is -2.46. The van der Waals surface area contributed by atoms with Gasteiger partial charge in [-0.1, -0.05) is 23.7 Å². The predicted octanol–water partition coefficient (Wildman–Crippen LogP) is 1.84. The van der Waals surface area contributed by atoms with Crippen LogP contribution >= 0.6 is 23.8 Å². The highest BCUT2D eigenvalue weighted by Gasteiger charge is 2.26. The Bertz CT molecular complexity index is 477. The first kappa shape index (κ1) is 14.1. The molecule has 1 heterocycles. The minimum absolute atomic E-state index is 0.133. The summed E-state index contributed by atoms with van der Waals surface area (Å²) in [5.74, 6) is 0.470. The highest BCUT2D eigenvalue weighted by molar-refractivity contribution is 7.80. The number of rotatable bonds is 3. The summed E-state index contributed by atoms with van der Waals surface area (Å²) in [6, 6.07) is 7.79. The van der Waals surface area contributed by atoms with E-state index in [0.717, 1.165) is 11.4 Å². The summed E-state index contributed by atoms with van der Waals surface area (Å²) < 4.78 is 0. The first-order valence-corrected chi connectivity index (χ1v) is 6.91. The van der Waals surface area contributed by atoms with Crippen molar-refractivity contribution in [2.75, 3.05) is 13.2 Å². The SMILES string of the molecule is NC(=S)NCN1CC(c2ccc(Cl)cc2)CCC1=O. The Morgan fingerprint density at radius 1 is 1.47 bits per heavy atom. The van der Waals surface area contributed by atoms with Crippen LogP contribution in [-0.2, 0) is 4.79 Å². The van der Waals surface area contributed by atoms with E-state index in [0.29, 0.717) is 25.6 Å². The van der Waals surface area contributed by atoms with Crippen LogP contribution in [0.5, 0.6) is 0 Å². The Kier molecular flexibility index (Phi) is 4.61. The Morgan fingerprint density at radius 3 is 2.79 bits per heavy atom. The van der Waals surface area contributed by atoms with Gasteiger partial charge in [0.1, 0.15) is 0 Å². The van der Waals surface area contributed by atoms with Gasteiger partial charge in [0.15, 0.2) is 5.11 Å². The average Bonchev–Trinajstić information content (AvgIpc) is 2.39. The number of likely N-dealkylation sites (tertiary alicyclic amines) is 1. The van der Waals surface area contributed by atoms with Crippen LogP contribution in [0.15, 0.2) is 24.3 Å². The number of nitrogens with two attached hydrogens (primary N) is 1. The summed E-state index contributed by atoms with van der Waals surface area (Å²) in [4.78, 5) is 13.6. The van der Waals surface area contributed by atoms with Crippen LogP contribution < -0.4 is 11.1 Å². The summed E-state index contributed by atoms with van der Waals surface area (Å²) in [6.45, 7) is 1.05. The van der Waals surface area contributed by atoms with E-state index >= 15 is 0 Å². The third-order valence-electron chi connectivity index (χ3n) is 3.29. The fourth-order valence-corrected chi connectivity index (χ4v) is 2.44. The lowest BCUT2D eigenvalue weighted by Gasteiger charge is -2.33. The molecule has 102 valence electrons. The second-order valence-electron chi connectivity index (χ2n) is 4.60. The molecule has 0 radical (unpaired) electrons.